The maximum Gasteiger partial charge on any atom is 0.327 e. The fraction of sp³-hybridized carbons (Fsp3) is 0.643. The summed E-state index contributed by atoms with van der Waals surface area (Å²) in [6, 6.07) is -4.20. The number of aliphatic hydroxyl groups is 1. The summed E-state index contributed by atoms with van der Waals surface area (Å²) < 4.78 is 0. The molecule has 0 aromatic rings. The van der Waals surface area contributed by atoms with E-state index in [1.165, 1.54) is 6.92 Å². The quantitative estimate of drug-likeness (QED) is 0.152. The van der Waals surface area contributed by atoms with Gasteiger partial charge in [0.05, 0.1) is 12.6 Å². The first kappa shape index (κ1) is 24.6. The van der Waals surface area contributed by atoms with Gasteiger partial charge in [-0.05, 0) is 13.3 Å². The Bertz CT molecular complexity index is 571. The number of thiol groups is 1. The van der Waals surface area contributed by atoms with Gasteiger partial charge in [-0.15, -0.1) is 0 Å². The molecular formula is C14H24N4O8S. The van der Waals surface area contributed by atoms with Gasteiger partial charge in [-0.25, -0.2) is 4.79 Å². The number of aliphatic carboxylic acids is 2. The molecule has 12 nitrogen and oxygen atoms in total. The highest BCUT2D eigenvalue weighted by Gasteiger charge is 2.31. The normalized spacial score (nSPS) is 15.0. The Morgan fingerprint density at radius 2 is 1.59 bits per heavy atom. The molecule has 0 heterocycles. The molecule has 0 saturated carbocycles. The number of nitrogens with two attached hydrogens (primary N) is 1. The summed E-state index contributed by atoms with van der Waals surface area (Å²) >= 11 is 3.79. The number of rotatable bonds is 12. The lowest BCUT2D eigenvalue weighted by Gasteiger charge is -2.25. The Balaban J connectivity index is 5.21. The highest BCUT2D eigenvalue weighted by molar-refractivity contribution is 7.80. The average Bonchev–Trinajstić information content (AvgIpc) is 2.59. The number of hydrogen-bond donors (Lipinski definition) is 8. The fourth-order valence-corrected chi connectivity index (χ4v) is 2.14. The monoisotopic (exact) mass is 408 g/mol. The summed E-state index contributed by atoms with van der Waals surface area (Å²) in [6.07, 6.45) is -2.14. The highest BCUT2D eigenvalue weighted by atomic mass is 32.1. The van der Waals surface area contributed by atoms with E-state index >= 15 is 0 Å². The Morgan fingerprint density at radius 3 is 2.00 bits per heavy atom. The minimum absolute atomic E-state index is 0.227. The lowest BCUT2D eigenvalue weighted by atomic mass is 10.1. The molecule has 0 spiro atoms. The van der Waals surface area contributed by atoms with Crippen molar-refractivity contribution in [2.75, 3.05) is 12.3 Å². The number of nitrogens with one attached hydrogen (secondary N) is 3. The smallest absolute Gasteiger partial charge is 0.327 e. The van der Waals surface area contributed by atoms with Crippen molar-refractivity contribution >= 4 is 42.3 Å². The van der Waals surface area contributed by atoms with Gasteiger partial charge in [0.15, 0.2) is 0 Å². The minimum Gasteiger partial charge on any atom is -0.481 e. The van der Waals surface area contributed by atoms with Crippen LogP contribution in [0.3, 0.4) is 0 Å². The standard InChI is InChI=1S/C14H24N4O8S/c1-6(19)11(13(24)17-8(5-27)14(25)26)18-12(23)7(2-3-10(21)22)16-9(20)4-15/h6-8,11,19,27H,2-5,15H2,1H3,(H,16,20)(H,17,24)(H,18,23)(H,21,22)(H,25,26). The summed E-state index contributed by atoms with van der Waals surface area (Å²) in [5, 5.41) is 33.9. The van der Waals surface area contributed by atoms with Crippen LogP contribution in [0.5, 0.6) is 0 Å². The molecule has 154 valence electrons. The highest BCUT2D eigenvalue weighted by Crippen LogP contribution is 2.02. The van der Waals surface area contributed by atoms with Crippen LogP contribution in [0.2, 0.25) is 0 Å². The number of hydrogen-bond acceptors (Lipinski definition) is 8. The molecule has 0 aliphatic rings. The number of aliphatic hydroxyl groups excluding tert-OH is 1. The zero-order valence-electron chi connectivity index (χ0n) is 14.5. The van der Waals surface area contributed by atoms with Gasteiger partial charge in [0.1, 0.15) is 18.1 Å². The average molecular weight is 408 g/mol. The molecule has 0 aromatic carbocycles. The first-order valence-electron chi connectivity index (χ1n) is 7.87. The number of carbonyl (C=O) groups excluding carboxylic acids is 3. The van der Waals surface area contributed by atoms with Crippen LogP contribution in [-0.4, -0.2) is 81.5 Å². The van der Waals surface area contributed by atoms with Crippen LogP contribution in [0.1, 0.15) is 19.8 Å². The molecule has 0 bridgehead atoms. The number of carboxylic acid groups (broad SMARTS) is 2. The van der Waals surface area contributed by atoms with Crippen LogP contribution in [-0.2, 0) is 24.0 Å². The fourth-order valence-electron chi connectivity index (χ4n) is 1.90. The van der Waals surface area contributed by atoms with Gasteiger partial charge in [0.25, 0.3) is 0 Å². The molecule has 8 N–H and O–H groups in total. The van der Waals surface area contributed by atoms with Crippen molar-refractivity contribution in [1.82, 2.24) is 16.0 Å². The van der Waals surface area contributed by atoms with Crippen molar-refractivity contribution in [2.45, 2.75) is 44.0 Å². The Hall–Kier alpha value is -2.38. The third-order valence-electron chi connectivity index (χ3n) is 3.34. The SMILES string of the molecule is CC(O)C(NC(=O)C(CCC(=O)O)NC(=O)CN)C(=O)NC(CS)C(=O)O. The maximum absolute atomic E-state index is 12.3. The summed E-state index contributed by atoms with van der Waals surface area (Å²) in [5.74, 6) is -5.44. The lowest BCUT2D eigenvalue weighted by Crippen LogP contribution is -2.59. The van der Waals surface area contributed by atoms with Gasteiger partial charge in [-0.1, -0.05) is 0 Å². The van der Waals surface area contributed by atoms with E-state index in [0.29, 0.717) is 0 Å². The zero-order chi connectivity index (χ0) is 21.1. The van der Waals surface area contributed by atoms with E-state index in [0.717, 1.165) is 0 Å². The third kappa shape index (κ3) is 9.21. The Morgan fingerprint density at radius 1 is 1.00 bits per heavy atom. The van der Waals surface area contributed by atoms with E-state index < -0.39 is 66.9 Å². The van der Waals surface area contributed by atoms with Crippen molar-refractivity contribution in [3.63, 3.8) is 0 Å². The number of carbonyl (C=O) groups is 5. The summed E-state index contributed by atoms with van der Waals surface area (Å²) in [4.78, 5) is 57.6. The second kappa shape index (κ2) is 12.1. The summed E-state index contributed by atoms with van der Waals surface area (Å²) in [5.41, 5.74) is 5.15. The second-order valence-corrected chi connectivity index (χ2v) is 5.93. The summed E-state index contributed by atoms with van der Waals surface area (Å²) in [6.45, 7) is 0.741. The number of carboxylic acids is 2. The van der Waals surface area contributed by atoms with E-state index in [9.17, 15) is 29.1 Å². The van der Waals surface area contributed by atoms with Crippen molar-refractivity contribution in [3.8, 4) is 0 Å². The molecule has 0 saturated heterocycles. The predicted octanol–water partition coefficient (Wildman–Crippen LogP) is -3.34. The topological polar surface area (TPSA) is 208 Å². The van der Waals surface area contributed by atoms with E-state index in [2.05, 4.69) is 28.6 Å². The van der Waals surface area contributed by atoms with E-state index in [4.69, 9.17) is 15.9 Å². The van der Waals surface area contributed by atoms with Crippen LogP contribution < -0.4 is 21.7 Å². The largest absolute Gasteiger partial charge is 0.481 e. The second-order valence-electron chi connectivity index (χ2n) is 5.57. The van der Waals surface area contributed by atoms with Crippen LogP contribution in [0, 0.1) is 0 Å². The van der Waals surface area contributed by atoms with Gasteiger partial charge < -0.3 is 37.0 Å². The lowest BCUT2D eigenvalue weighted by molar-refractivity contribution is -0.142. The van der Waals surface area contributed by atoms with Crippen molar-refractivity contribution in [3.05, 3.63) is 0 Å². The van der Waals surface area contributed by atoms with Gasteiger partial charge in [-0.3, -0.25) is 19.2 Å². The van der Waals surface area contributed by atoms with Crippen LogP contribution in [0.25, 0.3) is 0 Å². The van der Waals surface area contributed by atoms with E-state index in [1.807, 2.05) is 0 Å². The number of amides is 3. The van der Waals surface area contributed by atoms with Crippen molar-refractivity contribution < 1.29 is 39.3 Å². The molecule has 0 aliphatic carbocycles. The molecule has 0 fully saturated rings. The minimum atomic E-state index is -1.54. The Kier molecular flexibility index (Phi) is 11.0. The molecule has 0 aromatic heterocycles. The van der Waals surface area contributed by atoms with Gasteiger partial charge in [0.2, 0.25) is 17.7 Å². The zero-order valence-corrected chi connectivity index (χ0v) is 15.4. The Labute approximate surface area is 160 Å². The first-order chi connectivity index (χ1) is 12.5. The first-order valence-corrected chi connectivity index (χ1v) is 8.50. The van der Waals surface area contributed by atoms with Gasteiger partial charge in [0, 0.05) is 12.2 Å². The molecule has 27 heavy (non-hydrogen) atoms. The summed E-state index contributed by atoms with van der Waals surface area (Å²) in [7, 11) is 0. The third-order valence-corrected chi connectivity index (χ3v) is 3.71. The van der Waals surface area contributed by atoms with Crippen LogP contribution >= 0.6 is 12.6 Å². The molecule has 13 heteroatoms. The van der Waals surface area contributed by atoms with Gasteiger partial charge in [-0.2, -0.15) is 12.6 Å². The van der Waals surface area contributed by atoms with E-state index in [-0.39, 0.29) is 12.2 Å². The van der Waals surface area contributed by atoms with E-state index in [1.54, 1.807) is 0 Å². The molecule has 0 aliphatic heterocycles. The molecular weight excluding hydrogens is 384 g/mol. The molecule has 0 rings (SSSR count). The molecule has 4 atom stereocenters. The molecule has 4 unspecified atom stereocenters. The molecule has 0 radical (unpaired) electrons. The predicted molar refractivity (Wildman–Crippen MR) is 94.9 cm³/mol. The van der Waals surface area contributed by atoms with Crippen molar-refractivity contribution in [1.29, 1.82) is 0 Å². The van der Waals surface area contributed by atoms with Crippen molar-refractivity contribution in [2.24, 2.45) is 5.73 Å². The molecule has 3 amide bonds. The van der Waals surface area contributed by atoms with Crippen LogP contribution in [0.4, 0.5) is 0 Å². The van der Waals surface area contributed by atoms with Crippen LogP contribution in [0.15, 0.2) is 0 Å². The van der Waals surface area contributed by atoms with Gasteiger partial charge >= 0.3 is 11.9 Å². The maximum atomic E-state index is 12.3.